The van der Waals surface area contributed by atoms with Crippen molar-refractivity contribution in [3.8, 4) is 45.1 Å². The Labute approximate surface area is 325 Å². The van der Waals surface area contributed by atoms with Gasteiger partial charge in [-0.05, 0) is 54.1 Å². The van der Waals surface area contributed by atoms with E-state index >= 15 is 0 Å². The Morgan fingerprint density at radius 2 is 1.42 bits per heavy atom. The van der Waals surface area contributed by atoms with Crippen molar-refractivity contribution in [3.63, 3.8) is 0 Å². The molecule has 1 saturated heterocycles. The summed E-state index contributed by atoms with van der Waals surface area (Å²) in [5.41, 5.74) is 4.52. The molecule has 13 heteroatoms. The predicted octanol–water partition coefficient (Wildman–Crippen LogP) is 6.77. The van der Waals surface area contributed by atoms with Gasteiger partial charge in [0.05, 0.1) is 50.4 Å². The summed E-state index contributed by atoms with van der Waals surface area (Å²) >= 11 is 1.70. The van der Waals surface area contributed by atoms with Gasteiger partial charge in [0.15, 0.2) is 23.0 Å². The van der Waals surface area contributed by atoms with E-state index in [1.54, 1.807) is 39.8 Å². The van der Waals surface area contributed by atoms with E-state index in [-0.39, 0.29) is 11.9 Å². The zero-order chi connectivity index (χ0) is 38.3. The second-order valence-electron chi connectivity index (χ2n) is 13.3. The molecule has 2 aliphatic rings. The minimum atomic E-state index is -0.320. The molecule has 12 nitrogen and oxygen atoms in total. The Balaban J connectivity index is 0.903. The summed E-state index contributed by atoms with van der Waals surface area (Å²) < 4.78 is 36.0. The summed E-state index contributed by atoms with van der Waals surface area (Å²) in [6.07, 6.45) is 0.496. The van der Waals surface area contributed by atoms with Crippen LogP contribution >= 0.6 is 11.3 Å². The van der Waals surface area contributed by atoms with Crippen LogP contribution in [0.25, 0.3) is 20.8 Å². The van der Waals surface area contributed by atoms with Crippen molar-refractivity contribution in [2.24, 2.45) is 5.10 Å². The zero-order valence-electron chi connectivity index (χ0n) is 31.9. The minimum absolute atomic E-state index is 0.161. The molecular formula is C42H47N5O7S. The molecule has 0 radical (unpaired) electrons. The molecule has 4 aromatic carbocycles. The lowest BCUT2D eigenvalue weighted by molar-refractivity contribution is -0.130. The Kier molecular flexibility index (Phi) is 12.0. The van der Waals surface area contributed by atoms with Crippen molar-refractivity contribution in [1.29, 1.82) is 0 Å². The van der Waals surface area contributed by atoms with E-state index in [4.69, 9.17) is 38.5 Å². The molecule has 0 spiro atoms. The molecule has 3 heterocycles. The van der Waals surface area contributed by atoms with Crippen LogP contribution in [0.4, 0.5) is 0 Å². The summed E-state index contributed by atoms with van der Waals surface area (Å²) in [5.74, 6) is 3.51. The van der Waals surface area contributed by atoms with Gasteiger partial charge in [-0.1, -0.05) is 30.3 Å². The van der Waals surface area contributed by atoms with E-state index in [0.717, 1.165) is 77.9 Å². The maximum atomic E-state index is 12.8. The predicted molar refractivity (Wildman–Crippen MR) is 214 cm³/mol. The van der Waals surface area contributed by atoms with Crippen LogP contribution in [-0.4, -0.2) is 112 Å². The quantitative estimate of drug-likeness (QED) is 0.113. The zero-order valence-corrected chi connectivity index (χ0v) is 32.8. The number of amides is 1. The van der Waals surface area contributed by atoms with Gasteiger partial charge in [0.25, 0.3) is 0 Å². The number of fused-ring (bicyclic) bond motifs is 1. The second-order valence-corrected chi connectivity index (χ2v) is 14.4. The highest BCUT2D eigenvalue weighted by atomic mass is 32.1. The second kappa shape index (κ2) is 17.4. The highest BCUT2D eigenvalue weighted by Crippen LogP contribution is 2.42. The fraction of sp³-hybridized carbons (Fsp3) is 0.357. The maximum absolute atomic E-state index is 12.8. The first-order valence-electron chi connectivity index (χ1n) is 18.4. The molecule has 2 aliphatic heterocycles. The van der Waals surface area contributed by atoms with Crippen LogP contribution in [0.1, 0.15) is 30.5 Å². The van der Waals surface area contributed by atoms with Crippen LogP contribution in [-0.2, 0) is 4.79 Å². The smallest absolute Gasteiger partial charge is 0.240 e. The summed E-state index contributed by atoms with van der Waals surface area (Å²) in [4.78, 5) is 22.5. The number of piperazine rings is 1. The van der Waals surface area contributed by atoms with E-state index in [1.165, 1.54) is 16.6 Å². The molecule has 1 amide bonds. The Morgan fingerprint density at radius 1 is 0.727 bits per heavy atom. The van der Waals surface area contributed by atoms with Crippen LogP contribution in [0.5, 0.6) is 34.5 Å². The first-order valence-corrected chi connectivity index (χ1v) is 19.2. The molecule has 1 atom stereocenters. The van der Waals surface area contributed by atoms with Crippen LogP contribution in [0.2, 0.25) is 0 Å². The van der Waals surface area contributed by atoms with Gasteiger partial charge in [0.1, 0.15) is 24.0 Å². The van der Waals surface area contributed by atoms with Crippen LogP contribution in [0, 0.1) is 0 Å². The van der Waals surface area contributed by atoms with E-state index in [0.29, 0.717) is 48.4 Å². The number of hydrogen-bond acceptors (Lipinski definition) is 12. The number of para-hydroxylation sites is 1. The number of aromatic nitrogens is 1. The lowest BCUT2D eigenvalue weighted by Crippen LogP contribution is -2.48. The third kappa shape index (κ3) is 8.64. The highest BCUT2D eigenvalue weighted by Gasteiger charge is 2.33. The molecular weight excluding hydrogens is 719 g/mol. The van der Waals surface area contributed by atoms with Crippen molar-refractivity contribution in [3.05, 3.63) is 90.0 Å². The van der Waals surface area contributed by atoms with Crippen molar-refractivity contribution >= 4 is 33.2 Å². The topological polar surface area (TPSA) is 107 Å². The Hall–Kier alpha value is -5.37. The minimum Gasteiger partial charge on any atom is -0.493 e. The summed E-state index contributed by atoms with van der Waals surface area (Å²) in [6, 6.07) is 25.6. The van der Waals surface area contributed by atoms with Gasteiger partial charge < -0.3 is 28.4 Å². The standard InChI is InChI=1S/C42H47N5O7S/c1-28(48)47-35(27-34(44-47)31-25-38(50-3)41(52-5)39(26-31)51-4)29-13-14-36(49-2)37(24-29)54-22-20-46-17-15-45(16-18-46)19-21-53-32-10-8-9-30(23-32)42-43-33-11-6-7-12-40(33)55-42/h6-14,23-26,35H,15-22,27H2,1-5H3. The first-order chi connectivity index (χ1) is 26.9. The average Bonchev–Trinajstić information content (AvgIpc) is 3.87. The van der Waals surface area contributed by atoms with Gasteiger partial charge in [-0.15, -0.1) is 11.3 Å². The third-order valence-electron chi connectivity index (χ3n) is 9.98. The molecule has 0 aliphatic carbocycles. The number of carbonyl (C=O) groups is 1. The molecule has 7 rings (SSSR count). The van der Waals surface area contributed by atoms with E-state index in [2.05, 4.69) is 28.0 Å². The van der Waals surface area contributed by atoms with E-state index in [1.807, 2.05) is 60.7 Å². The van der Waals surface area contributed by atoms with Crippen LogP contribution in [0.15, 0.2) is 84.0 Å². The van der Waals surface area contributed by atoms with Gasteiger partial charge in [0.2, 0.25) is 11.7 Å². The number of methoxy groups -OCH3 is 4. The normalized spacial score (nSPS) is 16.2. The van der Waals surface area contributed by atoms with Crippen LogP contribution in [0.3, 0.4) is 0 Å². The molecule has 1 aromatic heterocycles. The number of nitrogens with zero attached hydrogens (tertiary/aromatic N) is 5. The number of rotatable bonds is 15. The summed E-state index contributed by atoms with van der Waals surface area (Å²) in [7, 11) is 6.35. The fourth-order valence-corrected chi connectivity index (χ4v) is 7.99. The van der Waals surface area contributed by atoms with E-state index in [9.17, 15) is 4.79 Å². The van der Waals surface area contributed by atoms with Gasteiger partial charge in [-0.3, -0.25) is 14.6 Å². The lowest BCUT2D eigenvalue weighted by atomic mass is 9.97. The highest BCUT2D eigenvalue weighted by molar-refractivity contribution is 7.21. The SMILES string of the molecule is COc1ccc(C2CC(c3cc(OC)c(OC)c(OC)c3)=NN2C(C)=O)cc1OCCN1CCN(CCOc2cccc(-c3nc4ccccc4s3)c2)CC1. The van der Waals surface area contributed by atoms with Gasteiger partial charge >= 0.3 is 0 Å². The molecule has 1 fully saturated rings. The van der Waals surface area contributed by atoms with E-state index < -0.39 is 0 Å². The van der Waals surface area contributed by atoms with Gasteiger partial charge in [-0.25, -0.2) is 9.99 Å². The Bertz CT molecular complexity index is 2090. The molecule has 0 saturated carbocycles. The largest absolute Gasteiger partial charge is 0.493 e. The molecule has 0 bridgehead atoms. The molecule has 1 unspecified atom stereocenters. The summed E-state index contributed by atoms with van der Waals surface area (Å²) in [5, 5.41) is 7.26. The number of thiazole rings is 1. The molecule has 288 valence electrons. The first kappa shape index (κ1) is 37.9. The monoisotopic (exact) mass is 765 g/mol. The molecule has 0 N–H and O–H groups in total. The molecule has 55 heavy (non-hydrogen) atoms. The maximum Gasteiger partial charge on any atom is 0.240 e. The summed E-state index contributed by atoms with van der Waals surface area (Å²) in [6.45, 7) is 8.12. The van der Waals surface area contributed by atoms with Crippen molar-refractivity contribution < 1.29 is 33.2 Å². The van der Waals surface area contributed by atoms with Crippen molar-refractivity contribution in [1.82, 2.24) is 19.8 Å². The number of benzene rings is 4. The van der Waals surface area contributed by atoms with Crippen molar-refractivity contribution in [2.75, 3.05) is 80.9 Å². The van der Waals surface area contributed by atoms with Crippen LogP contribution < -0.4 is 28.4 Å². The fourth-order valence-electron chi connectivity index (χ4n) is 7.02. The number of carbonyl (C=O) groups excluding carboxylic acids is 1. The van der Waals surface area contributed by atoms with Gasteiger partial charge in [0, 0.05) is 63.7 Å². The Morgan fingerprint density at radius 3 is 2.07 bits per heavy atom. The third-order valence-corrected chi connectivity index (χ3v) is 11.1. The average molecular weight is 766 g/mol. The van der Waals surface area contributed by atoms with Gasteiger partial charge in [-0.2, -0.15) is 5.10 Å². The number of hydrazone groups is 1. The molecule has 5 aromatic rings. The lowest BCUT2D eigenvalue weighted by Gasteiger charge is -2.34. The van der Waals surface area contributed by atoms with Crippen molar-refractivity contribution in [2.45, 2.75) is 19.4 Å². The number of ether oxygens (including phenoxy) is 6. The number of hydrogen-bond donors (Lipinski definition) is 0.